The summed E-state index contributed by atoms with van der Waals surface area (Å²) in [7, 11) is 0. The van der Waals surface area contributed by atoms with Crippen molar-refractivity contribution >= 4 is 12.4 Å². The van der Waals surface area contributed by atoms with Gasteiger partial charge in [-0.1, -0.05) is 50.2 Å². The Bertz CT molecular complexity index is 520. The van der Waals surface area contributed by atoms with Crippen LogP contribution in [-0.2, 0) is 13.0 Å². The normalized spacial score (nSPS) is 10.5. The monoisotopic (exact) mass is 307 g/mol. The molecule has 1 N–H and O–H groups in total. The van der Waals surface area contributed by atoms with Crippen LogP contribution in [-0.4, -0.2) is 6.54 Å². The Hall–Kier alpha value is -1.38. The van der Waals surface area contributed by atoms with Gasteiger partial charge in [-0.2, -0.15) is 0 Å². The molecule has 0 atom stereocenters. The van der Waals surface area contributed by atoms with Crippen molar-refractivity contribution in [2.24, 2.45) is 0 Å². The molecule has 0 heterocycles. The third kappa shape index (κ3) is 5.86. The lowest BCUT2D eigenvalue weighted by Gasteiger charge is -2.08. The standard InChI is InChI=1S/C18H22FN.ClH/c1-14(2)17-7-3-16(4-8-17)13-20-12-11-15-5-9-18(19)10-6-15;/h3-10,14,20H,11-13H2,1-2H3;1H. The summed E-state index contributed by atoms with van der Waals surface area (Å²) in [5.74, 6) is 0.405. The fourth-order valence-corrected chi connectivity index (χ4v) is 2.14. The Labute approximate surface area is 133 Å². The summed E-state index contributed by atoms with van der Waals surface area (Å²) in [4.78, 5) is 0. The fourth-order valence-electron chi connectivity index (χ4n) is 2.14. The van der Waals surface area contributed by atoms with Gasteiger partial charge in [0.15, 0.2) is 0 Å². The van der Waals surface area contributed by atoms with Crippen LogP contribution in [0, 0.1) is 5.82 Å². The van der Waals surface area contributed by atoms with Crippen molar-refractivity contribution in [2.45, 2.75) is 32.7 Å². The molecule has 2 aromatic rings. The minimum absolute atomic E-state index is 0. The lowest BCUT2D eigenvalue weighted by atomic mass is 10.0. The van der Waals surface area contributed by atoms with Crippen molar-refractivity contribution in [3.63, 3.8) is 0 Å². The van der Waals surface area contributed by atoms with Crippen LogP contribution in [0.1, 0.15) is 36.5 Å². The maximum atomic E-state index is 12.8. The largest absolute Gasteiger partial charge is 0.312 e. The van der Waals surface area contributed by atoms with Crippen LogP contribution in [0.4, 0.5) is 4.39 Å². The summed E-state index contributed by atoms with van der Waals surface area (Å²) in [6, 6.07) is 15.5. The van der Waals surface area contributed by atoms with E-state index in [0.29, 0.717) is 5.92 Å². The molecule has 3 heteroatoms. The zero-order valence-corrected chi connectivity index (χ0v) is 13.4. The summed E-state index contributed by atoms with van der Waals surface area (Å²) < 4.78 is 12.8. The Morgan fingerprint density at radius 2 is 1.48 bits per heavy atom. The fraction of sp³-hybridized carbons (Fsp3) is 0.333. The summed E-state index contributed by atoms with van der Waals surface area (Å²) >= 11 is 0. The van der Waals surface area contributed by atoms with E-state index < -0.39 is 0 Å². The average molecular weight is 308 g/mol. The van der Waals surface area contributed by atoms with Crippen molar-refractivity contribution < 1.29 is 4.39 Å². The first-order valence-corrected chi connectivity index (χ1v) is 7.19. The molecule has 0 aliphatic rings. The third-order valence-corrected chi connectivity index (χ3v) is 3.48. The smallest absolute Gasteiger partial charge is 0.123 e. The molecule has 0 bridgehead atoms. The first-order chi connectivity index (χ1) is 9.65. The molecule has 114 valence electrons. The Morgan fingerprint density at radius 3 is 2.05 bits per heavy atom. The van der Waals surface area contributed by atoms with E-state index in [0.717, 1.165) is 25.1 Å². The zero-order valence-electron chi connectivity index (χ0n) is 12.6. The minimum atomic E-state index is -0.174. The van der Waals surface area contributed by atoms with Gasteiger partial charge in [0.05, 0.1) is 0 Å². The number of hydrogen-bond acceptors (Lipinski definition) is 1. The highest BCUT2D eigenvalue weighted by Crippen LogP contribution is 2.14. The van der Waals surface area contributed by atoms with E-state index in [1.807, 2.05) is 12.1 Å². The van der Waals surface area contributed by atoms with Gasteiger partial charge in [0.2, 0.25) is 0 Å². The van der Waals surface area contributed by atoms with E-state index in [2.05, 4.69) is 43.4 Å². The maximum absolute atomic E-state index is 12.8. The van der Waals surface area contributed by atoms with Crippen LogP contribution in [0.15, 0.2) is 48.5 Å². The molecule has 0 aliphatic carbocycles. The van der Waals surface area contributed by atoms with Crippen molar-refractivity contribution in [3.8, 4) is 0 Å². The first kappa shape index (κ1) is 17.7. The number of rotatable bonds is 6. The van der Waals surface area contributed by atoms with Crippen molar-refractivity contribution in [3.05, 3.63) is 71.0 Å². The van der Waals surface area contributed by atoms with Crippen LogP contribution in [0.2, 0.25) is 0 Å². The number of benzene rings is 2. The van der Waals surface area contributed by atoms with Gasteiger partial charge in [0, 0.05) is 6.54 Å². The molecule has 0 saturated heterocycles. The van der Waals surface area contributed by atoms with Gasteiger partial charge in [-0.25, -0.2) is 4.39 Å². The molecule has 0 unspecified atom stereocenters. The molecule has 0 radical (unpaired) electrons. The summed E-state index contributed by atoms with van der Waals surface area (Å²) in [5, 5.41) is 3.42. The zero-order chi connectivity index (χ0) is 14.4. The Balaban J connectivity index is 0.00000220. The van der Waals surface area contributed by atoms with Gasteiger partial charge in [-0.15, -0.1) is 12.4 Å². The predicted molar refractivity (Wildman–Crippen MR) is 89.6 cm³/mol. The van der Waals surface area contributed by atoms with E-state index in [1.54, 1.807) is 0 Å². The highest BCUT2D eigenvalue weighted by molar-refractivity contribution is 5.85. The lowest BCUT2D eigenvalue weighted by Crippen LogP contribution is -2.16. The van der Waals surface area contributed by atoms with Crippen LogP contribution < -0.4 is 5.32 Å². The minimum Gasteiger partial charge on any atom is -0.312 e. The molecule has 21 heavy (non-hydrogen) atoms. The van der Waals surface area contributed by atoms with E-state index >= 15 is 0 Å². The summed E-state index contributed by atoms with van der Waals surface area (Å²) in [6.45, 7) is 6.18. The van der Waals surface area contributed by atoms with Gasteiger partial charge >= 0.3 is 0 Å². The van der Waals surface area contributed by atoms with E-state index in [9.17, 15) is 4.39 Å². The van der Waals surface area contributed by atoms with Gasteiger partial charge < -0.3 is 5.32 Å². The molecule has 0 aromatic heterocycles. The van der Waals surface area contributed by atoms with Crippen LogP contribution in [0.3, 0.4) is 0 Å². The molecule has 0 aliphatic heterocycles. The molecule has 0 fully saturated rings. The van der Waals surface area contributed by atoms with E-state index in [1.165, 1.54) is 23.3 Å². The van der Waals surface area contributed by atoms with Crippen molar-refractivity contribution in [1.82, 2.24) is 5.32 Å². The van der Waals surface area contributed by atoms with Crippen LogP contribution in [0.25, 0.3) is 0 Å². The van der Waals surface area contributed by atoms with E-state index in [-0.39, 0.29) is 18.2 Å². The summed E-state index contributed by atoms with van der Waals surface area (Å²) in [6.07, 6.45) is 0.921. The van der Waals surface area contributed by atoms with E-state index in [4.69, 9.17) is 0 Å². The lowest BCUT2D eigenvalue weighted by molar-refractivity contribution is 0.626. The average Bonchev–Trinajstić information content (AvgIpc) is 2.46. The second-order valence-electron chi connectivity index (χ2n) is 5.45. The van der Waals surface area contributed by atoms with Gasteiger partial charge in [-0.05, 0) is 47.7 Å². The summed E-state index contributed by atoms with van der Waals surface area (Å²) in [5.41, 5.74) is 3.84. The SMILES string of the molecule is CC(C)c1ccc(CNCCc2ccc(F)cc2)cc1.Cl. The maximum Gasteiger partial charge on any atom is 0.123 e. The van der Waals surface area contributed by atoms with Crippen molar-refractivity contribution in [2.75, 3.05) is 6.54 Å². The third-order valence-electron chi connectivity index (χ3n) is 3.48. The molecule has 0 saturated carbocycles. The number of hydrogen-bond donors (Lipinski definition) is 1. The molecule has 2 aromatic carbocycles. The van der Waals surface area contributed by atoms with Gasteiger partial charge in [-0.3, -0.25) is 0 Å². The molecular formula is C18H23ClFN. The highest BCUT2D eigenvalue weighted by Gasteiger charge is 1.99. The first-order valence-electron chi connectivity index (χ1n) is 7.19. The Morgan fingerprint density at radius 1 is 0.905 bits per heavy atom. The molecule has 2 rings (SSSR count). The predicted octanol–water partition coefficient (Wildman–Crippen LogP) is 4.70. The topological polar surface area (TPSA) is 12.0 Å². The van der Waals surface area contributed by atoms with Crippen molar-refractivity contribution in [1.29, 1.82) is 0 Å². The number of nitrogens with one attached hydrogen (secondary N) is 1. The quantitative estimate of drug-likeness (QED) is 0.763. The second-order valence-corrected chi connectivity index (χ2v) is 5.45. The molecule has 0 spiro atoms. The number of halogens is 2. The van der Waals surface area contributed by atoms with Gasteiger partial charge in [0.1, 0.15) is 5.82 Å². The van der Waals surface area contributed by atoms with Gasteiger partial charge in [0.25, 0.3) is 0 Å². The molecule has 1 nitrogen and oxygen atoms in total. The second kappa shape index (κ2) is 8.81. The van der Waals surface area contributed by atoms with Crippen LogP contribution in [0.5, 0.6) is 0 Å². The van der Waals surface area contributed by atoms with Crippen LogP contribution >= 0.6 is 12.4 Å². The Kier molecular flexibility index (Phi) is 7.41. The molecular weight excluding hydrogens is 285 g/mol. The molecule has 0 amide bonds. The highest BCUT2D eigenvalue weighted by atomic mass is 35.5.